The average Bonchev–Trinajstić information content (AvgIpc) is 3.18. The van der Waals surface area contributed by atoms with Gasteiger partial charge >= 0.3 is 5.97 Å². The monoisotopic (exact) mass is 468 g/mol. The Morgan fingerprint density at radius 1 is 1.11 bits per heavy atom. The first-order chi connectivity index (χ1) is 16.9. The number of pyridine rings is 1. The minimum atomic E-state index is -0.349. The number of carbonyl (C=O) groups excluding carboxylic acids is 1. The van der Waals surface area contributed by atoms with E-state index in [4.69, 9.17) is 19.0 Å². The van der Waals surface area contributed by atoms with Crippen LogP contribution in [0.5, 0.6) is 5.75 Å². The van der Waals surface area contributed by atoms with Crippen molar-refractivity contribution < 1.29 is 18.8 Å². The maximum atomic E-state index is 13.6. The van der Waals surface area contributed by atoms with Crippen LogP contribution >= 0.6 is 0 Å². The summed E-state index contributed by atoms with van der Waals surface area (Å²) in [6.07, 6.45) is 3.81. The Hall–Kier alpha value is -3.93. The molecular weight excluding hydrogens is 440 g/mol. The molecule has 2 aromatic carbocycles. The summed E-state index contributed by atoms with van der Waals surface area (Å²) in [5.41, 5.74) is 6.94. The highest BCUT2D eigenvalue weighted by atomic mass is 16.5. The first-order valence-electron chi connectivity index (χ1n) is 11.8. The number of nitrogens with zero attached hydrogens (tertiary/aromatic N) is 2. The van der Waals surface area contributed by atoms with E-state index in [9.17, 15) is 4.79 Å². The summed E-state index contributed by atoms with van der Waals surface area (Å²) >= 11 is 0. The van der Waals surface area contributed by atoms with Gasteiger partial charge < -0.3 is 14.0 Å². The van der Waals surface area contributed by atoms with Gasteiger partial charge in [-0.05, 0) is 73.6 Å². The van der Waals surface area contributed by atoms with Gasteiger partial charge in [-0.25, -0.2) is 9.78 Å². The standard InChI is InChI=1S/C29H28N2O4/c1-17-13-21(15-20-9-11-22(33-4)12-10-20)28-24(14-17)27(23-7-5-6-8-26(23)30-28)29(32)34-16-25-18(2)31-35-19(25)3/h5-12,15,17H,13-14,16H2,1-4H3. The van der Waals surface area contributed by atoms with Crippen LogP contribution < -0.4 is 4.74 Å². The van der Waals surface area contributed by atoms with Gasteiger partial charge in [0.25, 0.3) is 0 Å². The summed E-state index contributed by atoms with van der Waals surface area (Å²) in [7, 11) is 1.66. The minimum absolute atomic E-state index is 0.121. The van der Waals surface area contributed by atoms with Crippen LogP contribution in [0.1, 0.15) is 57.5 Å². The lowest BCUT2D eigenvalue weighted by molar-refractivity contribution is 0.0471. The van der Waals surface area contributed by atoms with Gasteiger partial charge in [-0.3, -0.25) is 0 Å². The van der Waals surface area contributed by atoms with Crippen molar-refractivity contribution in [2.24, 2.45) is 5.92 Å². The van der Waals surface area contributed by atoms with Crippen LogP contribution in [-0.4, -0.2) is 23.2 Å². The Morgan fingerprint density at radius 3 is 2.60 bits per heavy atom. The molecule has 35 heavy (non-hydrogen) atoms. The number of benzene rings is 2. The third kappa shape index (κ3) is 4.44. The number of ether oxygens (including phenoxy) is 2. The second kappa shape index (κ2) is 9.37. The number of hydrogen-bond donors (Lipinski definition) is 0. The number of aryl methyl sites for hydroxylation is 2. The number of fused-ring (bicyclic) bond motifs is 2. The molecule has 0 radical (unpaired) electrons. The lowest BCUT2D eigenvalue weighted by atomic mass is 9.80. The van der Waals surface area contributed by atoms with E-state index in [-0.39, 0.29) is 12.6 Å². The van der Waals surface area contributed by atoms with Crippen molar-refractivity contribution in [3.8, 4) is 5.75 Å². The number of allylic oxidation sites excluding steroid dienone is 1. The van der Waals surface area contributed by atoms with Crippen molar-refractivity contribution in [3.05, 3.63) is 87.9 Å². The summed E-state index contributed by atoms with van der Waals surface area (Å²) in [4.78, 5) is 18.6. The highest BCUT2D eigenvalue weighted by Crippen LogP contribution is 2.39. The van der Waals surface area contributed by atoms with Gasteiger partial charge in [-0.1, -0.05) is 42.4 Å². The molecule has 2 heterocycles. The predicted molar refractivity (Wildman–Crippen MR) is 135 cm³/mol. The molecule has 0 aliphatic heterocycles. The van der Waals surface area contributed by atoms with Crippen molar-refractivity contribution >= 4 is 28.5 Å². The Morgan fingerprint density at radius 2 is 1.89 bits per heavy atom. The summed E-state index contributed by atoms with van der Waals surface area (Å²) in [5, 5.41) is 4.78. The van der Waals surface area contributed by atoms with Gasteiger partial charge in [-0.2, -0.15) is 0 Å². The van der Waals surface area contributed by atoms with Gasteiger partial charge in [0.2, 0.25) is 0 Å². The molecule has 1 atom stereocenters. The zero-order chi connectivity index (χ0) is 24.5. The molecule has 1 aliphatic rings. The van der Waals surface area contributed by atoms with Gasteiger partial charge in [-0.15, -0.1) is 0 Å². The number of rotatable bonds is 5. The summed E-state index contributed by atoms with van der Waals surface area (Å²) in [6, 6.07) is 15.7. The molecular formula is C29H28N2O4. The lowest BCUT2D eigenvalue weighted by Crippen LogP contribution is -2.19. The first-order valence-corrected chi connectivity index (χ1v) is 11.8. The van der Waals surface area contributed by atoms with Crippen LogP contribution in [0.2, 0.25) is 0 Å². The van der Waals surface area contributed by atoms with E-state index < -0.39 is 0 Å². The Labute approximate surface area is 204 Å². The fraction of sp³-hybridized carbons (Fsp3) is 0.276. The van der Waals surface area contributed by atoms with Gasteiger partial charge in [0.05, 0.1) is 35.1 Å². The van der Waals surface area contributed by atoms with Crippen LogP contribution in [0.3, 0.4) is 0 Å². The molecule has 6 nitrogen and oxygen atoms in total. The van der Waals surface area contributed by atoms with E-state index in [1.54, 1.807) is 7.11 Å². The minimum Gasteiger partial charge on any atom is -0.497 e. The number of hydrogen-bond acceptors (Lipinski definition) is 6. The van der Waals surface area contributed by atoms with Crippen LogP contribution in [0.25, 0.3) is 22.6 Å². The van der Waals surface area contributed by atoms with Crippen LogP contribution in [0, 0.1) is 19.8 Å². The molecule has 0 saturated heterocycles. The van der Waals surface area contributed by atoms with E-state index >= 15 is 0 Å². The van der Waals surface area contributed by atoms with Crippen LogP contribution in [0.15, 0.2) is 53.1 Å². The normalized spacial score (nSPS) is 16.3. The summed E-state index contributed by atoms with van der Waals surface area (Å²) in [5.74, 6) is 1.49. The zero-order valence-corrected chi connectivity index (χ0v) is 20.4. The van der Waals surface area contributed by atoms with Crippen molar-refractivity contribution in [1.82, 2.24) is 10.1 Å². The number of aromatic nitrogens is 2. The lowest BCUT2D eigenvalue weighted by Gasteiger charge is -2.26. The first kappa shape index (κ1) is 22.8. The SMILES string of the molecule is COc1ccc(C=C2CC(C)Cc3c2nc2ccccc2c3C(=O)OCc2c(C)noc2C)cc1. The number of esters is 1. The predicted octanol–water partition coefficient (Wildman–Crippen LogP) is 6.33. The highest BCUT2D eigenvalue weighted by molar-refractivity contribution is 6.06. The molecule has 1 aliphatic carbocycles. The van der Waals surface area contributed by atoms with Crippen molar-refractivity contribution in [2.75, 3.05) is 7.11 Å². The average molecular weight is 469 g/mol. The Bertz CT molecular complexity index is 1410. The second-order valence-electron chi connectivity index (χ2n) is 9.17. The Balaban J connectivity index is 1.60. The van der Waals surface area contributed by atoms with Gasteiger partial charge in [0.1, 0.15) is 18.1 Å². The third-order valence-corrected chi connectivity index (χ3v) is 6.61. The molecule has 0 spiro atoms. The maximum Gasteiger partial charge on any atom is 0.339 e. The largest absolute Gasteiger partial charge is 0.497 e. The topological polar surface area (TPSA) is 74.5 Å². The summed E-state index contributed by atoms with van der Waals surface area (Å²) < 4.78 is 16.3. The molecule has 0 amide bonds. The maximum absolute atomic E-state index is 13.6. The van der Waals surface area contributed by atoms with Gasteiger partial charge in [0.15, 0.2) is 0 Å². The number of para-hydroxylation sites is 1. The van der Waals surface area contributed by atoms with Gasteiger partial charge in [0, 0.05) is 5.39 Å². The quantitative estimate of drug-likeness (QED) is 0.319. The van der Waals surface area contributed by atoms with E-state index in [1.807, 2.05) is 62.4 Å². The molecule has 0 saturated carbocycles. The zero-order valence-electron chi connectivity index (χ0n) is 20.4. The molecule has 0 bridgehead atoms. The molecule has 1 unspecified atom stereocenters. The second-order valence-corrected chi connectivity index (χ2v) is 9.17. The molecule has 178 valence electrons. The van der Waals surface area contributed by atoms with Crippen molar-refractivity contribution in [1.29, 1.82) is 0 Å². The number of carbonyl (C=O) groups is 1. The molecule has 4 aromatic rings. The fourth-order valence-electron chi connectivity index (χ4n) is 4.79. The molecule has 2 aromatic heterocycles. The van der Waals surface area contributed by atoms with E-state index in [2.05, 4.69) is 18.2 Å². The van der Waals surface area contributed by atoms with E-state index in [1.165, 1.54) is 0 Å². The highest BCUT2D eigenvalue weighted by Gasteiger charge is 2.29. The molecule has 5 rings (SSSR count). The Kier molecular flexibility index (Phi) is 6.12. The van der Waals surface area contributed by atoms with Crippen LogP contribution in [-0.2, 0) is 17.8 Å². The van der Waals surface area contributed by atoms with Crippen molar-refractivity contribution in [3.63, 3.8) is 0 Å². The van der Waals surface area contributed by atoms with E-state index in [0.29, 0.717) is 17.2 Å². The smallest absolute Gasteiger partial charge is 0.339 e. The van der Waals surface area contributed by atoms with Crippen molar-refractivity contribution in [2.45, 2.75) is 40.2 Å². The van der Waals surface area contributed by atoms with E-state index in [0.717, 1.165) is 63.1 Å². The molecule has 0 N–H and O–H groups in total. The number of methoxy groups -OCH3 is 1. The molecule has 6 heteroatoms. The molecule has 0 fully saturated rings. The summed E-state index contributed by atoms with van der Waals surface area (Å²) in [6.45, 7) is 6.00. The third-order valence-electron chi connectivity index (χ3n) is 6.61. The fourth-order valence-corrected chi connectivity index (χ4v) is 4.79. The van der Waals surface area contributed by atoms with Crippen LogP contribution in [0.4, 0.5) is 0 Å².